The minimum absolute atomic E-state index is 0.184. The van der Waals surface area contributed by atoms with Crippen molar-refractivity contribution in [1.29, 1.82) is 0 Å². The van der Waals surface area contributed by atoms with E-state index in [1.807, 2.05) is 11.5 Å². The van der Waals surface area contributed by atoms with Gasteiger partial charge in [0.25, 0.3) is 0 Å². The highest BCUT2D eigenvalue weighted by Gasteiger charge is 2.31. The predicted octanol–water partition coefficient (Wildman–Crippen LogP) is 1.67. The Morgan fingerprint density at radius 2 is 2.38 bits per heavy atom. The monoisotopic (exact) mass is 201 g/mol. The van der Waals surface area contributed by atoms with Gasteiger partial charge in [-0.05, 0) is 31.9 Å². The molecule has 3 unspecified atom stereocenters. The van der Waals surface area contributed by atoms with Crippen molar-refractivity contribution in [3.8, 4) is 0 Å². The zero-order valence-electron chi connectivity index (χ0n) is 7.64. The van der Waals surface area contributed by atoms with Gasteiger partial charge in [-0.2, -0.15) is 0 Å². The van der Waals surface area contributed by atoms with E-state index in [0.717, 1.165) is 6.42 Å². The molecule has 72 valence electrons. The molecule has 5 heteroatoms. The van der Waals surface area contributed by atoms with Crippen molar-refractivity contribution >= 4 is 11.6 Å². The smallest absolute Gasteiger partial charge is 0.225 e. The van der Waals surface area contributed by atoms with Crippen molar-refractivity contribution in [2.45, 2.75) is 38.5 Å². The Kier molecular flexibility index (Phi) is 2.26. The Hall–Kier alpha value is -0.610. The molecule has 13 heavy (non-hydrogen) atoms. The highest BCUT2D eigenvalue weighted by molar-refractivity contribution is 6.28. The van der Waals surface area contributed by atoms with Crippen LogP contribution in [0.15, 0.2) is 6.33 Å². The maximum Gasteiger partial charge on any atom is 0.225 e. The van der Waals surface area contributed by atoms with Gasteiger partial charge in [0, 0.05) is 0 Å². The van der Waals surface area contributed by atoms with Gasteiger partial charge in [-0.15, -0.1) is 10.2 Å². The highest BCUT2D eigenvalue weighted by Crippen LogP contribution is 2.31. The molecule has 0 aliphatic carbocycles. The van der Waals surface area contributed by atoms with Crippen LogP contribution in [0.25, 0.3) is 0 Å². The lowest BCUT2D eigenvalue weighted by atomic mass is 10.1. The molecule has 4 nitrogen and oxygen atoms in total. The van der Waals surface area contributed by atoms with Gasteiger partial charge >= 0.3 is 0 Å². The van der Waals surface area contributed by atoms with Gasteiger partial charge in [-0.25, -0.2) is 0 Å². The minimum Gasteiger partial charge on any atom is -0.373 e. The zero-order chi connectivity index (χ0) is 9.42. The summed E-state index contributed by atoms with van der Waals surface area (Å²) in [5.74, 6) is 0. The lowest BCUT2D eigenvalue weighted by Crippen LogP contribution is -2.16. The molecule has 0 N–H and O–H groups in total. The number of nitrogens with zero attached hydrogens (tertiary/aromatic N) is 3. The molecule has 0 bridgehead atoms. The lowest BCUT2D eigenvalue weighted by molar-refractivity contribution is 0.0573. The summed E-state index contributed by atoms with van der Waals surface area (Å²) in [6.45, 7) is 4.11. The van der Waals surface area contributed by atoms with Crippen LogP contribution < -0.4 is 0 Å². The fourth-order valence-corrected chi connectivity index (χ4v) is 2.05. The third-order valence-corrected chi connectivity index (χ3v) is 2.72. The average Bonchev–Trinajstić information content (AvgIpc) is 2.58. The Morgan fingerprint density at radius 3 is 2.85 bits per heavy atom. The molecule has 0 spiro atoms. The van der Waals surface area contributed by atoms with Crippen LogP contribution in [0.1, 0.15) is 26.3 Å². The lowest BCUT2D eigenvalue weighted by Gasteiger charge is -2.14. The van der Waals surface area contributed by atoms with E-state index in [0.29, 0.717) is 11.4 Å². The second-order valence-corrected chi connectivity index (χ2v) is 3.80. The molecule has 1 saturated heterocycles. The minimum atomic E-state index is 0.184. The van der Waals surface area contributed by atoms with Gasteiger partial charge in [-0.3, -0.25) is 4.57 Å². The Bertz CT molecular complexity index is 301. The second kappa shape index (κ2) is 3.27. The van der Waals surface area contributed by atoms with E-state index in [4.69, 9.17) is 16.3 Å². The first-order chi connectivity index (χ1) is 6.18. The number of halogens is 1. The number of aromatic nitrogens is 3. The summed E-state index contributed by atoms with van der Waals surface area (Å²) in [7, 11) is 0. The molecule has 1 aromatic rings. The summed E-state index contributed by atoms with van der Waals surface area (Å²) in [6.07, 6.45) is 3.10. The average molecular weight is 202 g/mol. The molecule has 0 amide bonds. The summed E-state index contributed by atoms with van der Waals surface area (Å²) in [4.78, 5) is 0. The highest BCUT2D eigenvalue weighted by atomic mass is 35.5. The third kappa shape index (κ3) is 1.56. The van der Waals surface area contributed by atoms with Crippen LogP contribution in [0.3, 0.4) is 0 Å². The van der Waals surface area contributed by atoms with E-state index in [-0.39, 0.29) is 12.1 Å². The number of hydrogen-bond acceptors (Lipinski definition) is 3. The number of hydrogen-bond donors (Lipinski definition) is 0. The van der Waals surface area contributed by atoms with Gasteiger partial charge in [0.2, 0.25) is 5.28 Å². The molecule has 2 heterocycles. The molecular weight excluding hydrogens is 190 g/mol. The maximum absolute atomic E-state index is 5.87. The summed E-state index contributed by atoms with van der Waals surface area (Å²) >= 11 is 5.87. The third-order valence-electron chi connectivity index (χ3n) is 2.45. The molecule has 1 aliphatic heterocycles. The normalized spacial score (nSPS) is 33.9. The van der Waals surface area contributed by atoms with Crippen LogP contribution in [0.2, 0.25) is 5.28 Å². The van der Waals surface area contributed by atoms with Crippen LogP contribution in [0.4, 0.5) is 0 Å². The Balaban J connectivity index is 2.22. The van der Waals surface area contributed by atoms with Crippen molar-refractivity contribution in [3.05, 3.63) is 11.6 Å². The maximum atomic E-state index is 5.87. The fraction of sp³-hybridized carbons (Fsp3) is 0.750. The molecule has 1 aliphatic rings. The van der Waals surface area contributed by atoms with Crippen molar-refractivity contribution in [1.82, 2.24) is 14.8 Å². The van der Waals surface area contributed by atoms with E-state index >= 15 is 0 Å². The first kappa shape index (κ1) is 8.97. The molecular formula is C8H12ClN3O. The van der Waals surface area contributed by atoms with Gasteiger partial charge < -0.3 is 4.74 Å². The summed E-state index contributed by atoms with van der Waals surface area (Å²) < 4.78 is 7.49. The van der Waals surface area contributed by atoms with E-state index < -0.39 is 0 Å². The molecule has 1 aromatic heterocycles. The fourth-order valence-electron chi connectivity index (χ4n) is 1.83. The summed E-state index contributed by atoms with van der Waals surface area (Å²) in [5, 5.41) is 7.93. The van der Waals surface area contributed by atoms with E-state index in [1.165, 1.54) is 0 Å². The van der Waals surface area contributed by atoms with Gasteiger partial charge in [-0.1, -0.05) is 0 Å². The molecule has 1 fully saturated rings. The standard InChI is InChI=1S/C8H12ClN3O/c1-5-3-7(6(2)13-5)12-4-10-11-8(12)9/h4-7H,3H2,1-2H3. The summed E-state index contributed by atoms with van der Waals surface area (Å²) in [5.41, 5.74) is 0. The van der Waals surface area contributed by atoms with Gasteiger partial charge in [0.1, 0.15) is 6.33 Å². The molecule has 3 atom stereocenters. The quantitative estimate of drug-likeness (QED) is 0.694. The van der Waals surface area contributed by atoms with E-state index in [2.05, 4.69) is 17.1 Å². The van der Waals surface area contributed by atoms with Crippen molar-refractivity contribution in [3.63, 3.8) is 0 Å². The molecule has 0 saturated carbocycles. The SMILES string of the molecule is CC1CC(n2cnnc2Cl)C(C)O1. The summed E-state index contributed by atoms with van der Waals surface area (Å²) in [6, 6.07) is 0.275. The van der Waals surface area contributed by atoms with Crippen molar-refractivity contribution < 1.29 is 4.74 Å². The molecule has 0 aromatic carbocycles. The van der Waals surface area contributed by atoms with Crippen LogP contribution in [0.5, 0.6) is 0 Å². The molecule has 0 radical (unpaired) electrons. The molecule has 2 rings (SSSR count). The number of rotatable bonds is 1. The van der Waals surface area contributed by atoms with E-state index in [9.17, 15) is 0 Å². The first-order valence-electron chi connectivity index (χ1n) is 4.39. The topological polar surface area (TPSA) is 39.9 Å². The predicted molar refractivity (Wildman–Crippen MR) is 48.7 cm³/mol. The van der Waals surface area contributed by atoms with Crippen LogP contribution in [-0.4, -0.2) is 27.0 Å². The van der Waals surface area contributed by atoms with Crippen LogP contribution in [0, 0.1) is 0 Å². The van der Waals surface area contributed by atoms with Gasteiger partial charge in [0.05, 0.1) is 18.2 Å². The van der Waals surface area contributed by atoms with Crippen LogP contribution >= 0.6 is 11.6 Å². The largest absolute Gasteiger partial charge is 0.373 e. The zero-order valence-corrected chi connectivity index (χ0v) is 8.40. The Morgan fingerprint density at radius 1 is 1.62 bits per heavy atom. The van der Waals surface area contributed by atoms with Crippen molar-refractivity contribution in [2.75, 3.05) is 0 Å². The van der Waals surface area contributed by atoms with Gasteiger partial charge in [0.15, 0.2) is 0 Å². The van der Waals surface area contributed by atoms with E-state index in [1.54, 1.807) is 6.33 Å². The number of ether oxygens (including phenoxy) is 1. The second-order valence-electron chi connectivity index (χ2n) is 3.46. The van der Waals surface area contributed by atoms with Crippen LogP contribution in [-0.2, 0) is 4.74 Å². The first-order valence-corrected chi connectivity index (χ1v) is 4.76. The van der Waals surface area contributed by atoms with Crippen molar-refractivity contribution in [2.24, 2.45) is 0 Å². The Labute approximate surface area is 81.9 Å².